The van der Waals surface area contributed by atoms with Crippen molar-refractivity contribution < 1.29 is 13.3 Å². The van der Waals surface area contributed by atoms with Gasteiger partial charge in [0.05, 0.1) is 14.8 Å². The first-order valence-corrected chi connectivity index (χ1v) is 9.05. The molecule has 2 aromatic rings. The van der Waals surface area contributed by atoms with E-state index in [1.807, 2.05) is 0 Å². The zero-order valence-electron chi connectivity index (χ0n) is 13.9. The van der Waals surface area contributed by atoms with E-state index < -0.39 is 14.9 Å². The second kappa shape index (κ2) is 7.34. The number of hydrogen-bond donors (Lipinski definition) is 1. The Balaban J connectivity index is 2.34. The fraction of sp³-hybridized carbons (Fsp3) is 0.267. The van der Waals surface area contributed by atoms with E-state index in [9.17, 15) is 18.5 Å². The fourth-order valence-corrected chi connectivity index (χ4v) is 3.54. The Kier molecular flexibility index (Phi) is 5.61. The highest BCUT2D eigenvalue weighted by molar-refractivity contribution is 7.89. The van der Waals surface area contributed by atoms with Crippen LogP contribution in [0.4, 0.5) is 11.5 Å². The van der Waals surface area contributed by atoms with Crippen molar-refractivity contribution in [3.8, 4) is 0 Å². The molecule has 1 N–H and O–H groups in total. The van der Waals surface area contributed by atoms with E-state index in [1.165, 1.54) is 13.0 Å². The van der Waals surface area contributed by atoms with Gasteiger partial charge in [0.25, 0.3) is 5.69 Å². The average molecular weight is 385 g/mol. The molecule has 0 spiro atoms. The van der Waals surface area contributed by atoms with Crippen LogP contribution in [0, 0.1) is 17.0 Å². The smallest absolute Gasteiger partial charge is 0.275 e. The third kappa shape index (κ3) is 4.25. The first kappa shape index (κ1) is 19.1. The number of halogens is 1. The molecule has 1 heterocycles. The van der Waals surface area contributed by atoms with Crippen LogP contribution in [-0.4, -0.2) is 32.4 Å². The Hall–Kier alpha value is -2.23. The van der Waals surface area contributed by atoms with Crippen molar-refractivity contribution in [3.63, 3.8) is 0 Å². The molecule has 0 aliphatic heterocycles. The maximum Gasteiger partial charge on any atom is 0.275 e. The van der Waals surface area contributed by atoms with Crippen LogP contribution in [0.3, 0.4) is 0 Å². The molecule has 0 aliphatic rings. The number of nitro groups is 1. The molecule has 0 radical (unpaired) electrons. The van der Waals surface area contributed by atoms with E-state index in [4.69, 9.17) is 11.6 Å². The molecule has 0 saturated heterocycles. The molecule has 8 nitrogen and oxygen atoms in total. The third-order valence-electron chi connectivity index (χ3n) is 3.54. The number of hydrogen-bond acceptors (Lipinski definition) is 6. The van der Waals surface area contributed by atoms with Gasteiger partial charge < -0.3 is 4.90 Å². The molecule has 1 aromatic heterocycles. The lowest BCUT2D eigenvalue weighted by atomic mass is 10.2. The molecular formula is C15H17ClN4O4S. The Morgan fingerprint density at radius 2 is 2.04 bits per heavy atom. The highest BCUT2D eigenvalue weighted by Crippen LogP contribution is 2.29. The fourth-order valence-electron chi connectivity index (χ4n) is 2.21. The lowest BCUT2D eigenvalue weighted by Gasteiger charge is -2.16. The van der Waals surface area contributed by atoms with Crippen LogP contribution >= 0.6 is 11.6 Å². The number of sulfonamides is 1. The maximum absolute atomic E-state index is 12.5. The summed E-state index contributed by atoms with van der Waals surface area (Å²) in [5.41, 5.74) is 0.541. The minimum absolute atomic E-state index is 0.0109. The molecule has 25 heavy (non-hydrogen) atoms. The van der Waals surface area contributed by atoms with E-state index in [0.717, 1.165) is 6.07 Å². The number of nitro benzene ring substituents is 1. The van der Waals surface area contributed by atoms with Crippen molar-refractivity contribution in [3.05, 3.63) is 56.7 Å². The first-order chi connectivity index (χ1) is 11.6. The average Bonchev–Trinajstić information content (AvgIpc) is 2.55. The van der Waals surface area contributed by atoms with Crippen LogP contribution in [0.5, 0.6) is 0 Å². The molecule has 0 aliphatic carbocycles. The summed E-state index contributed by atoms with van der Waals surface area (Å²) in [5.74, 6) is 0.623. The van der Waals surface area contributed by atoms with Gasteiger partial charge in [0.2, 0.25) is 10.0 Å². The maximum atomic E-state index is 12.5. The highest BCUT2D eigenvalue weighted by atomic mass is 35.5. The third-order valence-corrected chi connectivity index (χ3v) is 5.31. The molecule has 2 rings (SSSR count). The lowest BCUT2D eigenvalue weighted by molar-refractivity contribution is -0.385. The first-order valence-electron chi connectivity index (χ1n) is 7.19. The lowest BCUT2D eigenvalue weighted by Crippen LogP contribution is -2.25. The highest BCUT2D eigenvalue weighted by Gasteiger charge is 2.22. The van der Waals surface area contributed by atoms with Crippen molar-refractivity contribution in [2.45, 2.75) is 18.4 Å². The number of aromatic nitrogens is 1. The minimum atomic E-state index is -3.98. The Bertz CT molecular complexity index is 916. The monoisotopic (exact) mass is 384 g/mol. The summed E-state index contributed by atoms with van der Waals surface area (Å²) in [7, 11) is -0.391. The Morgan fingerprint density at radius 3 is 2.64 bits per heavy atom. The molecule has 0 amide bonds. The van der Waals surface area contributed by atoms with Crippen molar-refractivity contribution in [1.29, 1.82) is 0 Å². The summed E-state index contributed by atoms with van der Waals surface area (Å²) in [4.78, 5) is 16.1. The molecule has 10 heteroatoms. The summed E-state index contributed by atoms with van der Waals surface area (Å²) in [5, 5.41) is 11.1. The topological polar surface area (TPSA) is 105 Å². The predicted octanol–water partition coefficient (Wildman–Crippen LogP) is 2.50. The summed E-state index contributed by atoms with van der Waals surface area (Å²) in [6.07, 6.45) is 1.61. The van der Waals surface area contributed by atoms with Gasteiger partial charge in [-0.1, -0.05) is 17.7 Å². The number of rotatable bonds is 6. The van der Waals surface area contributed by atoms with Gasteiger partial charge in [-0.25, -0.2) is 18.1 Å². The summed E-state index contributed by atoms with van der Waals surface area (Å²) < 4.78 is 27.4. The van der Waals surface area contributed by atoms with E-state index in [2.05, 4.69) is 9.71 Å². The number of nitrogens with zero attached hydrogens (tertiary/aromatic N) is 3. The molecule has 0 unspecified atom stereocenters. The van der Waals surface area contributed by atoms with E-state index in [0.29, 0.717) is 11.4 Å². The van der Waals surface area contributed by atoms with Crippen LogP contribution in [0.25, 0.3) is 0 Å². The number of benzene rings is 1. The quantitative estimate of drug-likeness (QED) is 0.605. The van der Waals surface area contributed by atoms with Gasteiger partial charge in [0.1, 0.15) is 5.82 Å². The molecular weight excluding hydrogens is 368 g/mol. The zero-order chi connectivity index (χ0) is 18.8. The molecule has 1 aromatic carbocycles. The second-order valence-corrected chi connectivity index (χ2v) is 7.69. The van der Waals surface area contributed by atoms with E-state index in [1.54, 1.807) is 37.3 Å². The van der Waals surface area contributed by atoms with Gasteiger partial charge in [0, 0.05) is 44.0 Å². The largest absolute Gasteiger partial charge is 0.362 e. The van der Waals surface area contributed by atoms with Crippen molar-refractivity contribution in [2.75, 3.05) is 19.0 Å². The van der Waals surface area contributed by atoms with Crippen LogP contribution in [0.2, 0.25) is 5.02 Å². The van der Waals surface area contributed by atoms with Gasteiger partial charge in [-0.2, -0.15) is 0 Å². The number of pyridine rings is 1. The standard InChI is InChI=1S/C15H17ClN4O4S/c1-10-13(16)7-12(8-14(10)20(21)22)25(23,24)18-9-11-5-4-6-17-15(11)19(2)3/h4-8,18H,9H2,1-3H3. The molecule has 134 valence electrons. The van der Waals surface area contributed by atoms with Crippen molar-refractivity contribution in [2.24, 2.45) is 0 Å². The number of anilines is 1. The zero-order valence-corrected chi connectivity index (χ0v) is 15.4. The molecule has 0 fully saturated rings. The summed E-state index contributed by atoms with van der Waals surface area (Å²) in [6.45, 7) is 1.45. The Morgan fingerprint density at radius 1 is 1.36 bits per heavy atom. The molecule has 0 saturated carbocycles. The van der Waals surface area contributed by atoms with Crippen LogP contribution < -0.4 is 9.62 Å². The van der Waals surface area contributed by atoms with Crippen LogP contribution in [0.15, 0.2) is 35.4 Å². The molecule has 0 atom stereocenters. The van der Waals surface area contributed by atoms with Crippen molar-refractivity contribution in [1.82, 2.24) is 9.71 Å². The minimum Gasteiger partial charge on any atom is -0.362 e. The van der Waals surface area contributed by atoms with Crippen LogP contribution in [0.1, 0.15) is 11.1 Å². The number of nitrogens with one attached hydrogen (secondary N) is 1. The summed E-state index contributed by atoms with van der Waals surface area (Å²) >= 11 is 5.94. The van der Waals surface area contributed by atoms with Gasteiger partial charge in [-0.3, -0.25) is 10.1 Å². The van der Waals surface area contributed by atoms with Gasteiger partial charge in [0.15, 0.2) is 0 Å². The predicted molar refractivity (Wildman–Crippen MR) is 95.4 cm³/mol. The van der Waals surface area contributed by atoms with Gasteiger partial charge in [-0.15, -0.1) is 0 Å². The Labute approximate surface area is 150 Å². The van der Waals surface area contributed by atoms with Gasteiger partial charge >= 0.3 is 0 Å². The van der Waals surface area contributed by atoms with Gasteiger partial charge in [-0.05, 0) is 19.1 Å². The van der Waals surface area contributed by atoms with E-state index in [-0.39, 0.29) is 27.7 Å². The normalized spacial score (nSPS) is 11.4. The molecule has 0 bridgehead atoms. The summed E-state index contributed by atoms with van der Waals surface area (Å²) in [6, 6.07) is 5.64. The van der Waals surface area contributed by atoms with Crippen LogP contribution in [-0.2, 0) is 16.6 Å². The van der Waals surface area contributed by atoms with Crippen molar-refractivity contribution >= 4 is 33.1 Å². The SMILES string of the molecule is Cc1c(Cl)cc(S(=O)(=O)NCc2cccnc2N(C)C)cc1[N+](=O)[O-]. The second-order valence-electron chi connectivity index (χ2n) is 5.51. The van der Waals surface area contributed by atoms with E-state index >= 15 is 0 Å².